The molecular weight excluding hydrogens is 222 g/mol. The zero-order valence-corrected chi connectivity index (χ0v) is 9.42. The molecule has 6 heteroatoms. The molecule has 0 saturated carbocycles. The molecule has 3 N–H and O–H groups in total. The SMILES string of the molecule is CC(CCc1ccc([N+]#N)c(O)c1)NC(=O)O. The lowest BCUT2D eigenvalue weighted by atomic mass is 10.1. The molecular formula is C11H14N3O3+. The van der Waals surface area contributed by atoms with Crippen LogP contribution in [0.4, 0.5) is 10.5 Å². The number of hydrogen-bond acceptors (Lipinski definition) is 3. The maximum atomic E-state index is 10.4. The fraction of sp³-hybridized carbons (Fsp3) is 0.364. The fourth-order valence-electron chi connectivity index (χ4n) is 1.48. The number of rotatable bonds is 4. The van der Waals surface area contributed by atoms with Gasteiger partial charge in [-0.1, -0.05) is 6.07 Å². The molecule has 1 aromatic carbocycles. The first-order chi connectivity index (χ1) is 8.02. The quantitative estimate of drug-likeness (QED) is 0.699. The Morgan fingerprint density at radius 2 is 2.29 bits per heavy atom. The number of diazo groups is 1. The third-order valence-electron chi connectivity index (χ3n) is 2.38. The van der Waals surface area contributed by atoms with Crippen molar-refractivity contribution < 1.29 is 15.0 Å². The second kappa shape index (κ2) is 5.70. The summed E-state index contributed by atoms with van der Waals surface area (Å²) in [5, 5.41) is 28.8. The predicted octanol–water partition coefficient (Wildman–Crippen LogP) is 2.47. The van der Waals surface area contributed by atoms with Gasteiger partial charge in [0.05, 0.1) is 0 Å². The maximum absolute atomic E-state index is 10.4. The van der Waals surface area contributed by atoms with Crippen LogP contribution in [0.1, 0.15) is 18.9 Å². The monoisotopic (exact) mass is 236 g/mol. The van der Waals surface area contributed by atoms with Crippen molar-refractivity contribution in [3.05, 3.63) is 28.7 Å². The van der Waals surface area contributed by atoms with Gasteiger partial charge in [0, 0.05) is 12.1 Å². The summed E-state index contributed by atoms with van der Waals surface area (Å²) in [5.41, 5.74) is 0.972. The molecule has 1 unspecified atom stereocenters. The molecule has 1 amide bonds. The van der Waals surface area contributed by atoms with E-state index >= 15 is 0 Å². The zero-order chi connectivity index (χ0) is 12.8. The van der Waals surface area contributed by atoms with Gasteiger partial charge < -0.3 is 15.5 Å². The van der Waals surface area contributed by atoms with Gasteiger partial charge in [-0.05, 0) is 31.4 Å². The second-order valence-corrected chi connectivity index (χ2v) is 3.81. The van der Waals surface area contributed by atoms with E-state index in [4.69, 9.17) is 10.5 Å². The van der Waals surface area contributed by atoms with Gasteiger partial charge in [-0.3, -0.25) is 0 Å². The highest BCUT2D eigenvalue weighted by Crippen LogP contribution is 2.27. The largest absolute Gasteiger partial charge is 0.501 e. The van der Waals surface area contributed by atoms with Crippen molar-refractivity contribution in [3.8, 4) is 5.75 Å². The van der Waals surface area contributed by atoms with E-state index in [1.807, 2.05) is 0 Å². The topological polar surface area (TPSA) is 97.7 Å². The van der Waals surface area contributed by atoms with E-state index < -0.39 is 6.09 Å². The van der Waals surface area contributed by atoms with Crippen LogP contribution in [0.15, 0.2) is 18.2 Å². The van der Waals surface area contributed by atoms with E-state index in [1.165, 1.54) is 12.1 Å². The fourth-order valence-corrected chi connectivity index (χ4v) is 1.48. The van der Waals surface area contributed by atoms with Crippen molar-refractivity contribution >= 4 is 11.8 Å². The third kappa shape index (κ3) is 3.99. The van der Waals surface area contributed by atoms with Crippen LogP contribution < -0.4 is 5.32 Å². The van der Waals surface area contributed by atoms with E-state index in [1.54, 1.807) is 13.0 Å². The number of carboxylic acid groups (broad SMARTS) is 1. The average Bonchev–Trinajstić information content (AvgIpc) is 2.25. The van der Waals surface area contributed by atoms with Crippen molar-refractivity contribution in [2.24, 2.45) is 0 Å². The Balaban J connectivity index is 2.56. The minimum Gasteiger partial charge on any atom is -0.501 e. The van der Waals surface area contributed by atoms with Crippen molar-refractivity contribution in [2.75, 3.05) is 0 Å². The van der Waals surface area contributed by atoms with Crippen LogP contribution in [0.5, 0.6) is 5.75 Å². The molecule has 0 aliphatic carbocycles. The minimum absolute atomic E-state index is 0.0937. The number of aromatic hydroxyl groups is 1. The van der Waals surface area contributed by atoms with Crippen molar-refractivity contribution in [3.63, 3.8) is 0 Å². The van der Waals surface area contributed by atoms with Gasteiger partial charge >= 0.3 is 11.8 Å². The summed E-state index contributed by atoms with van der Waals surface area (Å²) in [6.07, 6.45) is 0.206. The standard InChI is InChI=1S/C11H13N3O3/c1-7(13-11(16)17)2-3-8-4-5-9(14-12)10(15)6-8/h4-7,13H,2-3H2,1H3,(H-,15,16,17)/p+1. The number of phenols is 1. The van der Waals surface area contributed by atoms with Crippen molar-refractivity contribution in [2.45, 2.75) is 25.8 Å². The molecule has 0 spiro atoms. The lowest BCUT2D eigenvalue weighted by molar-refractivity contribution is 0.190. The van der Waals surface area contributed by atoms with E-state index in [2.05, 4.69) is 10.3 Å². The van der Waals surface area contributed by atoms with Gasteiger partial charge in [-0.2, -0.15) is 0 Å². The molecule has 90 valence electrons. The molecule has 1 aromatic rings. The molecule has 17 heavy (non-hydrogen) atoms. The summed E-state index contributed by atoms with van der Waals surface area (Å²) in [7, 11) is 0. The molecule has 0 heterocycles. The number of carbonyl (C=O) groups is 1. The predicted molar refractivity (Wildman–Crippen MR) is 61.8 cm³/mol. The van der Waals surface area contributed by atoms with Crippen LogP contribution in [0.25, 0.3) is 4.98 Å². The first-order valence-corrected chi connectivity index (χ1v) is 5.19. The highest BCUT2D eigenvalue weighted by molar-refractivity contribution is 5.64. The van der Waals surface area contributed by atoms with Crippen LogP contribution in [0, 0.1) is 5.39 Å². The maximum Gasteiger partial charge on any atom is 0.426 e. The molecule has 0 radical (unpaired) electrons. The molecule has 0 saturated heterocycles. The Kier molecular flexibility index (Phi) is 4.29. The molecule has 0 bridgehead atoms. The van der Waals surface area contributed by atoms with Crippen LogP contribution >= 0.6 is 0 Å². The van der Waals surface area contributed by atoms with Gasteiger partial charge in [-0.25, -0.2) is 4.79 Å². The summed E-state index contributed by atoms with van der Waals surface area (Å²) in [6, 6.07) is 4.57. The number of nitrogens with one attached hydrogen (secondary N) is 1. The first kappa shape index (κ1) is 12.8. The van der Waals surface area contributed by atoms with Gasteiger partial charge in [0.2, 0.25) is 11.1 Å². The Labute approximate surface area is 98.5 Å². The van der Waals surface area contributed by atoms with Crippen molar-refractivity contribution in [1.82, 2.24) is 5.32 Å². The Hall–Kier alpha value is -2.29. The van der Waals surface area contributed by atoms with Gasteiger partial charge in [0.1, 0.15) is 0 Å². The van der Waals surface area contributed by atoms with E-state index in [0.717, 1.165) is 5.56 Å². The number of amides is 1. The summed E-state index contributed by atoms with van der Waals surface area (Å²) in [4.78, 5) is 13.3. The van der Waals surface area contributed by atoms with E-state index in [9.17, 15) is 9.90 Å². The lowest BCUT2D eigenvalue weighted by Gasteiger charge is -2.10. The summed E-state index contributed by atoms with van der Waals surface area (Å²) in [6.45, 7) is 1.77. The molecule has 0 aromatic heterocycles. The highest BCUT2D eigenvalue weighted by atomic mass is 16.4. The summed E-state index contributed by atoms with van der Waals surface area (Å²) in [5.74, 6) is -0.0937. The number of aryl methyl sites for hydroxylation is 1. The second-order valence-electron chi connectivity index (χ2n) is 3.81. The highest BCUT2D eigenvalue weighted by Gasteiger charge is 2.13. The Morgan fingerprint density at radius 1 is 1.59 bits per heavy atom. The molecule has 0 aliphatic rings. The smallest absolute Gasteiger partial charge is 0.426 e. The number of benzene rings is 1. The van der Waals surface area contributed by atoms with E-state index in [0.29, 0.717) is 12.8 Å². The zero-order valence-electron chi connectivity index (χ0n) is 9.42. The number of hydrogen-bond donors (Lipinski definition) is 3. The third-order valence-corrected chi connectivity index (χ3v) is 2.38. The van der Waals surface area contributed by atoms with Gasteiger partial charge in [0.25, 0.3) is 0 Å². The number of nitrogens with zero attached hydrogens (tertiary/aromatic N) is 2. The first-order valence-electron chi connectivity index (χ1n) is 5.19. The van der Waals surface area contributed by atoms with E-state index in [-0.39, 0.29) is 17.5 Å². The van der Waals surface area contributed by atoms with Crippen molar-refractivity contribution in [1.29, 1.82) is 5.39 Å². The average molecular weight is 236 g/mol. The molecule has 1 rings (SSSR count). The van der Waals surface area contributed by atoms with Gasteiger partial charge in [0.15, 0.2) is 4.98 Å². The molecule has 0 aliphatic heterocycles. The van der Waals surface area contributed by atoms with Gasteiger partial charge in [-0.15, -0.1) is 0 Å². The summed E-state index contributed by atoms with van der Waals surface area (Å²) < 4.78 is 0. The van der Waals surface area contributed by atoms with Crippen LogP contribution in [0.3, 0.4) is 0 Å². The summed E-state index contributed by atoms with van der Waals surface area (Å²) >= 11 is 0. The Bertz CT molecular complexity index is 454. The number of phenolic OH excluding ortho intramolecular Hbond substituents is 1. The van der Waals surface area contributed by atoms with Crippen LogP contribution in [-0.4, -0.2) is 22.3 Å². The molecule has 0 fully saturated rings. The molecule has 1 atom stereocenters. The Morgan fingerprint density at radius 3 is 2.82 bits per heavy atom. The van der Waals surface area contributed by atoms with Crippen LogP contribution in [0.2, 0.25) is 0 Å². The lowest BCUT2D eigenvalue weighted by Crippen LogP contribution is -2.31. The normalized spacial score (nSPS) is 11.5. The van der Waals surface area contributed by atoms with Crippen LogP contribution in [-0.2, 0) is 6.42 Å². The minimum atomic E-state index is -1.05. The molecule has 6 nitrogen and oxygen atoms in total.